The molecule has 0 aromatic heterocycles. The molecule has 3 heteroatoms. The van der Waals surface area contributed by atoms with E-state index in [0.717, 1.165) is 18.6 Å². The van der Waals surface area contributed by atoms with Crippen molar-refractivity contribution in [3.63, 3.8) is 0 Å². The first-order valence-electron chi connectivity index (χ1n) is 8.47. The predicted octanol–water partition coefficient (Wildman–Crippen LogP) is 2.70. The van der Waals surface area contributed by atoms with Gasteiger partial charge >= 0.3 is 0 Å². The zero-order valence-electron chi connectivity index (χ0n) is 14.1. The highest BCUT2D eigenvalue weighted by Crippen LogP contribution is 2.13. The van der Waals surface area contributed by atoms with Gasteiger partial charge in [-0.3, -0.25) is 0 Å². The minimum absolute atomic E-state index is 0.325. The molecule has 124 valence electrons. The first-order valence-corrected chi connectivity index (χ1v) is 8.47. The van der Waals surface area contributed by atoms with E-state index in [1.807, 2.05) is 30.3 Å². The summed E-state index contributed by atoms with van der Waals surface area (Å²) >= 11 is 0. The summed E-state index contributed by atoms with van der Waals surface area (Å²) in [6.07, 6.45) is 1.76. The standard InChI is InChI=1S/C20H27NO2/c1-3-7-17-10-12-20(13-11-17)23-15-19(22)14-21-16(2)18-8-5-4-6-9-18/h4-6,8-13,16,19,21-22H,3,7,14-15H2,1-2H3/p+1/t16-,19+/m0/s1. The minimum atomic E-state index is -0.475. The Hall–Kier alpha value is -1.84. The van der Waals surface area contributed by atoms with E-state index >= 15 is 0 Å². The number of nitrogens with two attached hydrogens (primary N) is 1. The molecule has 0 bridgehead atoms. The molecule has 3 nitrogen and oxygen atoms in total. The van der Waals surface area contributed by atoms with Gasteiger partial charge in [0.05, 0.1) is 0 Å². The summed E-state index contributed by atoms with van der Waals surface area (Å²) in [6.45, 7) is 5.28. The molecule has 0 radical (unpaired) electrons. The number of aryl methyl sites for hydroxylation is 1. The summed E-state index contributed by atoms with van der Waals surface area (Å²) < 4.78 is 5.67. The zero-order valence-corrected chi connectivity index (χ0v) is 14.1. The van der Waals surface area contributed by atoms with E-state index in [9.17, 15) is 5.11 Å². The van der Waals surface area contributed by atoms with Crippen LogP contribution in [0.3, 0.4) is 0 Å². The molecule has 2 aromatic carbocycles. The molecule has 2 aromatic rings. The van der Waals surface area contributed by atoms with Crippen LogP contribution in [0.15, 0.2) is 54.6 Å². The Morgan fingerprint density at radius 1 is 1.04 bits per heavy atom. The van der Waals surface area contributed by atoms with Crippen molar-refractivity contribution < 1.29 is 15.2 Å². The molecule has 0 aliphatic carbocycles. The van der Waals surface area contributed by atoms with Crippen molar-refractivity contribution in [2.45, 2.75) is 38.8 Å². The second-order valence-electron chi connectivity index (χ2n) is 6.03. The van der Waals surface area contributed by atoms with Crippen LogP contribution in [0.25, 0.3) is 0 Å². The summed E-state index contributed by atoms with van der Waals surface area (Å²) in [6, 6.07) is 18.8. The van der Waals surface area contributed by atoms with Crippen molar-refractivity contribution >= 4 is 0 Å². The number of quaternary nitrogens is 1. The van der Waals surface area contributed by atoms with Crippen LogP contribution in [0.4, 0.5) is 0 Å². The van der Waals surface area contributed by atoms with Crippen LogP contribution in [-0.2, 0) is 6.42 Å². The van der Waals surface area contributed by atoms with Crippen molar-refractivity contribution in [3.05, 3.63) is 65.7 Å². The Morgan fingerprint density at radius 2 is 1.74 bits per heavy atom. The van der Waals surface area contributed by atoms with Crippen LogP contribution >= 0.6 is 0 Å². The number of benzene rings is 2. The monoisotopic (exact) mass is 314 g/mol. The maximum absolute atomic E-state index is 10.1. The molecule has 0 amide bonds. The van der Waals surface area contributed by atoms with Gasteiger partial charge in [-0.05, 0) is 31.0 Å². The van der Waals surface area contributed by atoms with Crippen molar-refractivity contribution in [2.24, 2.45) is 0 Å². The van der Waals surface area contributed by atoms with Gasteiger partial charge in [0.2, 0.25) is 0 Å². The van der Waals surface area contributed by atoms with Crippen LogP contribution in [0.5, 0.6) is 5.75 Å². The fourth-order valence-corrected chi connectivity index (χ4v) is 2.56. The van der Waals surface area contributed by atoms with Crippen LogP contribution in [0.2, 0.25) is 0 Å². The predicted molar refractivity (Wildman–Crippen MR) is 93.6 cm³/mol. The van der Waals surface area contributed by atoms with Gasteiger partial charge in [-0.25, -0.2) is 0 Å². The largest absolute Gasteiger partial charge is 0.491 e. The van der Waals surface area contributed by atoms with Gasteiger partial charge in [-0.2, -0.15) is 0 Å². The molecule has 0 spiro atoms. The first kappa shape index (κ1) is 17.5. The normalized spacial score (nSPS) is 13.5. The lowest BCUT2D eigenvalue weighted by molar-refractivity contribution is -0.698. The van der Waals surface area contributed by atoms with Gasteiger partial charge in [-0.1, -0.05) is 55.8 Å². The molecule has 0 saturated carbocycles. The quantitative estimate of drug-likeness (QED) is 0.747. The molecule has 2 rings (SSSR count). The average Bonchev–Trinajstić information content (AvgIpc) is 2.60. The first-order chi connectivity index (χ1) is 11.2. The smallest absolute Gasteiger partial charge is 0.137 e. The molecule has 0 saturated heterocycles. The van der Waals surface area contributed by atoms with Gasteiger partial charge in [0, 0.05) is 5.56 Å². The van der Waals surface area contributed by atoms with Gasteiger partial charge in [0.25, 0.3) is 0 Å². The maximum atomic E-state index is 10.1. The van der Waals surface area contributed by atoms with Crippen LogP contribution < -0.4 is 10.1 Å². The molecule has 0 aliphatic heterocycles. The van der Waals surface area contributed by atoms with E-state index in [4.69, 9.17) is 4.74 Å². The Bertz CT molecular complexity index is 554. The molecule has 3 N–H and O–H groups in total. The van der Waals surface area contributed by atoms with Crippen molar-refractivity contribution in [1.82, 2.24) is 0 Å². The maximum Gasteiger partial charge on any atom is 0.137 e. The fourth-order valence-electron chi connectivity index (χ4n) is 2.56. The Balaban J connectivity index is 1.71. The molecular weight excluding hydrogens is 286 g/mol. The van der Waals surface area contributed by atoms with E-state index in [1.54, 1.807) is 0 Å². The van der Waals surface area contributed by atoms with E-state index in [2.05, 4.69) is 43.4 Å². The topological polar surface area (TPSA) is 46.1 Å². The third-order valence-electron chi connectivity index (χ3n) is 3.99. The summed E-state index contributed by atoms with van der Waals surface area (Å²) in [5, 5.41) is 12.2. The zero-order chi connectivity index (χ0) is 16.5. The van der Waals surface area contributed by atoms with Gasteiger partial charge in [0.15, 0.2) is 0 Å². The summed E-state index contributed by atoms with van der Waals surface area (Å²) in [4.78, 5) is 0. The molecule has 0 aliphatic rings. The Morgan fingerprint density at radius 3 is 2.39 bits per heavy atom. The van der Waals surface area contributed by atoms with Crippen LogP contribution in [-0.4, -0.2) is 24.4 Å². The highest BCUT2D eigenvalue weighted by molar-refractivity contribution is 5.27. The van der Waals surface area contributed by atoms with Gasteiger partial charge in [-0.15, -0.1) is 0 Å². The molecule has 23 heavy (non-hydrogen) atoms. The van der Waals surface area contributed by atoms with Crippen molar-refractivity contribution in [1.29, 1.82) is 0 Å². The summed E-state index contributed by atoms with van der Waals surface area (Å²) in [5.74, 6) is 0.819. The lowest BCUT2D eigenvalue weighted by Crippen LogP contribution is -2.87. The highest BCUT2D eigenvalue weighted by atomic mass is 16.5. The molecule has 0 fully saturated rings. The number of aliphatic hydroxyl groups is 1. The summed E-state index contributed by atoms with van der Waals surface area (Å²) in [5.41, 5.74) is 2.59. The number of ether oxygens (including phenoxy) is 1. The molecular formula is C20H28NO2+. The third-order valence-corrected chi connectivity index (χ3v) is 3.99. The van der Waals surface area contributed by atoms with Crippen molar-refractivity contribution in [3.8, 4) is 5.75 Å². The molecule has 0 unspecified atom stereocenters. The number of hydrogen-bond acceptors (Lipinski definition) is 2. The number of hydrogen-bond donors (Lipinski definition) is 2. The van der Waals surface area contributed by atoms with E-state index in [-0.39, 0.29) is 0 Å². The van der Waals surface area contributed by atoms with E-state index < -0.39 is 6.10 Å². The van der Waals surface area contributed by atoms with E-state index in [0.29, 0.717) is 19.2 Å². The molecule has 0 heterocycles. The fraction of sp³-hybridized carbons (Fsp3) is 0.400. The average molecular weight is 314 g/mol. The van der Waals surface area contributed by atoms with Crippen LogP contribution in [0.1, 0.15) is 37.4 Å². The Labute approximate surface area is 139 Å². The number of rotatable bonds is 9. The van der Waals surface area contributed by atoms with Crippen LogP contribution in [0, 0.1) is 0 Å². The lowest BCUT2D eigenvalue weighted by Gasteiger charge is -2.15. The second kappa shape index (κ2) is 9.33. The van der Waals surface area contributed by atoms with Gasteiger partial charge < -0.3 is 15.2 Å². The molecule has 2 atom stereocenters. The lowest BCUT2D eigenvalue weighted by atomic mass is 10.1. The van der Waals surface area contributed by atoms with Gasteiger partial charge in [0.1, 0.15) is 31.0 Å². The summed E-state index contributed by atoms with van der Waals surface area (Å²) in [7, 11) is 0. The third kappa shape index (κ3) is 6.05. The number of aliphatic hydroxyl groups excluding tert-OH is 1. The Kier molecular flexibility index (Phi) is 7.11. The SMILES string of the molecule is CCCc1ccc(OC[C@H](O)C[NH2+][C@@H](C)c2ccccc2)cc1. The minimum Gasteiger partial charge on any atom is -0.491 e. The highest BCUT2D eigenvalue weighted by Gasteiger charge is 2.12. The van der Waals surface area contributed by atoms with Crippen molar-refractivity contribution in [2.75, 3.05) is 13.2 Å². The second-order valence-corrected chi connectivity index (χ2v) is 6.03. The van der Waals surface area contributed by atoms with E-state index in [1.165, 1.54) is 11.1 Å².